The molecule has 0 spiro atoms. The summed E-state index contributed by atoms with van der Waals surface area (Å²) >= 11 is 6.39. The first-order chi connectivity index (χ1) is 15.9. The van der Waals surface area contributed by atoms with Gasteiger partial charge in [0.05, 0.1) is 22.1 Å². The van der Waals surface area contributed by atoms with Gasteiger partial charge in [0, 0.05) is 25.8 Å². The first-order valence-corrected chi connectivity index (χ1v) is 11.2. The molecule has 1 fully saturated rings. The number of phenolic OH excluding ortho intramolecular Hbond substituents is 1. The van der Waals surface area contributed by atoms with Gasteiger partial charge in [-0.15, -0.1) is 0 Å². The van der Waals surface area contributed by atoms with Gasteiger partial charge in [-0.1, -0.05) is 48.0 Å². The zero-order chi connectivity index (χ0) is 23.4. The number of likely N-dealkylation sites (tertiary alicyclic amines) is 1. The lowest BCUT2D eigenvalue weighted by molar-refractivity contribution is 0.102. The lowest BCUT2D eigenvalue weighted by atomic mass is 9.74. The van der Waals surface area contributed by atoms with Crippen LogP contribution in [-0.2, 0) is 12.0 Å². The number of hydrogen-bond acceptors (Lipinski definition) is 5. The molecule has 168 valence electrons. The second kappa shape index (κ2) is 9.62. The van der Waals surface area contributed by atoms with E-state index in [-0.39, 0.29) is 16.3 Å². The minimum atomic E-state index is -0.479. The highest BCUT2D eigenvalue weighted by Gasteiger charge is 2.36. The van der Waals surface area contributed by atoms with Crippen molar-refractivity contribution in [3.8, 4) is 11.8 Å². The molecule has 0 atom stereocenters. The van der Waals surface area contributed by atoms with Crippen molar-refractivity contribution in [3.63, 3.8) is 0 Å². The number of halogens is 1. The van der Waals surface area contributed by atoms with Crippen LogP contribution in [0, 0.1) is 18.3 Å². The molecule has 0 radical (unpaired) electrons. The van der Waals surface area contributed by atoms with E-state index in [1.807, 2.05) is 37.3 Å². The zero-order valence-corrected chi connectivity index (χ0v) is 19.1. The third-order valence-electron chi connectivity index (χ3n) is 6.39. The van der Waals surface area contributed by atoms with Crippen LogP contribution < -0.4 is 5.32 Å². The first kappa shape index (κ1) is 22.8. The van der Waals surface area contributed by atoms with Crippen molar-refractivity contribution in [1.82, 2.24) is 9.88 Å². The molecule has 1 saturated heterocycles. The summed E-state index contributed by atoms with van der Waals surface area (Å²) in [5.74, 6) is -0.317. The number of pyridine rings is 1. The van der Waals surface area contributed by atoms with E-state index in [4.69, 9.17) is 11.6 Å². The van der Waals surface area contributed by atoms with Gasteiger partial charge in [0.1, 0.15) is 11.6 Å². The smallest absolute Gasteiger partial charge is 0.260 e. The van der Waals surface area contributed by atoms with Crippen LogP contribution in [-0.4, -0.2) is 34.0 Å². The lowest BCUT2D eigenvalue weighted by Crippen LogP contribution is -2.41. The maximum absolute atomic E-state index is 12.8. The Bertz CT molecular complexity index is 1180. The summed E-state index contributed by atoms with van der Waals surface area (Å²) in [5.41, 5.74) is 2.30. The van der Waals surface area contributed by atoms with Gasteiger partial charge in [-0.05, 0) is 54.7 Å². The molecule has 4 rings (SSSR count). The van der Waals surface area contributed by atoms with Crippen LogP contribution in [0.2, 0.25) is 5.02 Å². The van der Waals surface area contributed by atoms with Gasteiger partial charge in [-0.2, -0.15) is 5.26 Å². The Morgan fingerprint density at radius 1 is 1.21 bits per heavy atom. The van der Waals surface area contributed by atoms with E-state index in [1.165, 1.54) is 0 Å². The number of piperidine rings is 1. The number of carbonyl (C=O) groups is 1. The fraction of sp³-hybridized carbons (Fsp3) is 0.269. The van der Waals surface area contributed by atoms with E-state index in [9.17, 15) is 15.2 Å². The Morgan fingerprint density at radius 3 is 2.55 bits per heavy atom. The van der Waals surface area contributed by atoms with Crippen molar-refractivity contribution in [1.29, 1.82) is 5.26 Å². The number of anilines is 1. The van der Waals surface area contributed by atoms with Crippen LogP contribution in [0.15, 0.2) is 60.8 Å². The molecule has 2 heterocycles. The summed E-state index contributed by atoms with van der Waals surface area (Å²) < 4.78 is 0. The number of aromatic nitrogens is 1. The third-order valence-corrected chi connectivity index (χ3v) is 6.85. The Morgan fingerprint density at radius 2 is 1.91 bits per heavy atom. The van der Waals surface area contributed by atoms with Gasteiger partial charge >= 0.3 is 0 Å². The number of amides is 1. The number of nitrogens with zero attached hydrogens (tertiary/aromatic N) is 3. The van der Waals surface area contributed by atoms with Crippen molar-refractivity contribution >= 4 is 23.3 Å². The summed E-state index contributed by atoms with van der Waals surface area (Å²) in [6.45, 7) is 3.91. The second-order valence-corrected chi connectivity index (χ2v) is 8.75. The highest BCUT2D eigenvalue weighted by Crippen LogP contribution is 2.37. The molecule has 1 aromatic heterocycles. The molecule has 1 aliphatic rings. The van der Waals surface area contributed by atoms with Crippen molar-refractivity contribution in [2.45, 2.75) is 31.7 Å². The average molecular weight is 461 g/mol. The van der Waals surface area contributed by atoms with Crippen LogP contribution >= 0.6 is 11.6 Å². The van der Waals surface area contributed by atoms with E-state index < -0.39 is 11.3 Å². The minimum absolute atomic E-state index is 0.110. The van der Waals surface area contributed by atoms with E-state index >= 15 is 0 Å². The number of rotatable bonds is 5. The molecule has 3 aromatic rings. The van der Waals surface area contributed by atoms with Crippen LogP contribution in [0.25, 0.3) is 0 Å². The van der Waals surface area contributed by atoms with Gasteiger partial charge < -0.3 is 10.4 Å². The summed E-state index contributed by atoms with van der Waals surface area (Å²) in [5, 5.41) is 23.3. The molecule has 2 aromatic carbocycles. The van der Waals surface area contributed by atoms with Crippen LogP contribution in [0.5, 0.6) is 5.75 Å². The third kappa shape index (κ3) is 4.70. The van der Waals surface area contributed by atoms with E-state index in [1.54, 1.807) is 30.5 Å². The standard InChI is InChI=1S/C26H25ClN4O2/c1-18-19(15-21(24(32)23(18)27)25(33)30-22-9-5-6-12-29-22)16-31-13-10-26(17-28,11-14-31)20-7-3-2-4-8-20/h2-9,12,15,32H,10-11,13-14,16H2,1H3,(H,29,30,33). The number of hydrogen-bond donors (Lipinski definition) is 2. The van der Waals surface area contributed by atoms with E-state index in [0.29, 0.717) is 12.4 Å². The van der Waals surface area contributed by atoms with Gasteiger partial charge in [0.15, 0.2) is 0 Å². The maximum Gasteiger partial charge on any atom is 0.260 e. The monoisotopic (exact) mass is 460 g/mol. The maximum atomic E-state index is 12.8. The molecule has 0 unspecified atom stereocenters. The molecular formula is C26H25ClN4O2. The Balaban J connectivity index is 1.52. The number of carbonyl (C=O) groups excluding carboxylic acids is 1. The molecule has 33 heavy (non-hydrogen) atoms. The SMILES string of the molecule is Cc1c(CN2CCC(C#N)(c3ccccc3)CC2)cc(C(=O)Nc2ccccn2)c(O)c1Cl. The van der Waals surface area contributed by atoms with Gasteiger partial charge in [0.2, 0.25) is 0 Å². The molecule has 6 nitrogen and oxygen atoms in total. The van der Waals surface area contributed by atoms with Crippen LogP contribution in [0.4, 0.5) is 5.82 Å². The van der Waals surface area contributed by atoms with Crippen LogP contribution in [0.1, 0.15) is 39.9 Å². The van der Waals surface area contributed by atoms with Crippen molar-refractivity contribution in [2.75, 3.05) is 18.4 Å². The molecule has 7 heteroatoms. The second-order valence-electron chi connectivity index (χ2n) is 8.38. The zero-order valence-electron chi connectivity index (χ0n) is 18.4. The fourth-order valence-electron chi connectivity index (χ4n) is 4.30. The predicted octanol–water partition coefficient (Wildman–Crippen LogP) is 5.06. The number of nitrogens with one attached hydrogen (secondary N) is 1. The average Bonchev–Trinajstić information content (AvgIpc) is 2.86. The van der Waals surface area contributed by atoms with E-state index in [0.717, 1.165) is 42.6 Å². The molecule has 0 saturated carbocycles. The number of aromatic hydroxyl groups is 1. The van der Waals surface area contributed by atoms with Gasteiger partial charge in [-0.25, -0.2) is 4.98 Å². The number of benzene rings is 2. The Hall–Kier alpha value is -3.40. The van der Waals surface area contributed by atoms with Crippen molar-refractivity contribution in [2.24, 2.45) is 0 Å². The normalized spacial score (nSPS) is 15.5. The lowest BCUT2D eigenvalue weighted by Gasteiger charge is -2.38. The summed E-state index contributed by atoms with van der Waals surface area (Å²) in [7, 11) is 0. The molecular weight excluding hydrogens is 436 g/mol. The molecule has 0 bridgehead atoms. The van der Waals surface area contributed by atoms with E-state index in [2.05, 4.69) is 21.3 Å². The first-order valence-electron chi connectivity index (χ1n) is 10.9. The summed E-state index contributed by atoms with van der Waals surface area (Å²) in [6.07, 6.45) is 3.03. The quantitative estimate of drug-likeness (QED) is 0.555. The Labute approximate surface area is 198 Å². The van der Waals surface area contributed by atoms with Gasteiger partial charge in [0.25, 0.3) is 5.91 Å². The molecule has 0 aliphatic carbocycles. The highest BCUT2D eigenvalue weighted by atomic mass is 35.5. The van der Waals surface area contributed by atoms with Crippen LogP contribution in [0.3, 0.4) is 0 Å². The summed E-state index contributed by atoms with van der Waals surface area (Å²) in [4.78, 5) is 19.2. The number of phenols is 1. The van der Waals surface area contributed by atoms with Crippen molar-refractivity contribution in [3.05, 3.63) is 88.1 Å². The molecule has 2 N–H and O–H groups in total. The van der Waals surface area contributed by atoms with Gasteiger partial charge in [-0.3, -0.25) is 9.69 Å². The summed E-state index contributed by atoms with van der Waals surface area (Å²) in [6, 6.07) is 19.4. The predicted molar refractivity (Wildman–Crippen MR) is 128 cm³/mol. The Kier molecular flexibility index (Phi) is 6.64. The molecule has 1 aliphatic heterocycles. The largest absolute Gasteiger partial charge is 0.506 e. The highest BCUT2D eigenvalue weighted by molar-refractivity contribution is 6.33. The topological polar surface area (TPSA) is 89.3 Å². The van der Waals surface area contributed by atoms with Crippen molar-refractivity contribution < 1.29 is 9.90 Å². The number of nitriles is 1. The fourth-order valence-corrected chi connectivity index (χ4v) is 4.52. The molecule has 1 amide bonds. The minimum Gasteiger partial charge on any atom is -0.506 e.